The number of hydrogen-bond acceptors (Lipinski definition) is 4. The van der Waals surface area contributed by atoms with Gasteiger partial charge in [0.25, 0.3) is 0 Å². The van der Waals surface area contributed by atoms with Crippen LogP contribution in [0.4, 0.5) is 4.79 Å². The molecule has 0 aliphatic rings. The second-order valence-corrected chi connectivity index (χ2v) is 5.71. The number of rotatable bonds is 2. The highest BCUT2D eigenvalue weighted by Gasteiger charge is 2.18. The molecule has 0 spiro atoms. The van der Waals surface area contributed by atoms with E-state index in [1.807, 2.05) is 20.8 Å². The number of carbonyl (C=O) groups excluding carboxylic acids is 2. The first-order chi connectivity index (χ1) is 10.2. The van der Waals surface area contributed by atoms with Crippen LogP contribution >= 0.6 is 0 Å². The maximum Gasteiger partial charge on any atom is 0.410 e. The van der Waals surface area contributed by atoms with Gasteiger partial charge in [0.15, 0.2) is 0 Å². The molecule has 0 aliphatic carbocycles. The summed E-state index contributed by atoms with van der Waals surface area (Å²) in [7, 11) is 2.96. The molecule has 0 saturated carbocycles. The third-order valence-electron chi connectivity index (χ3n) is 2.56. The first-order valence-electron chi connectivity index (χ1n) is 6.84. The molecule has 0 bridgehead atoms. The van der Waals surface area contributed by atoms with E-state index in [1.54, 1.807) is 31.3 Å². The van der Waals surface area contributed by atoms with E-state index >= 15 is 0 Å². The van der Waals surface area contributed by atoms with Gasteiger partial charge >= 0.3 is 12.1 Å². The van der Waals surface area contributed by atoms with Gasteiger partial charge in [0, 0.05) is 12.6 Å². The summed E-state index contributed by atoms with van der Waals surface area (Å²) in [6, 6.07) is 6.75. The number of amides is 1. The van der Waals surface area contributed by atoms with Gasteiger partial charge in [-0.25, -0.2) is 9.59 Å². The Hall–Kier alpha value is -2.48. The van der Waals surface area contributed by atoms with Crippen molar-refractivity contribution < 1.29 is 19.1 Å². The topological polar surface area (TPSA) is 55.8 Å². The van der Waals surface area contributed by atoms with Crippen LogP contribution in [-0.4, -0.2) is 43.3 Å². The zero-order valence-corrected chi connectivity index (χ0v) is 13.6. The number of hydrogen-bond donors (Lipinski definition) is 0. The molecule has 0 heterocycles. The van der Waals surface area contributed by atoms with E-state index in [-0.39, 0.29) is 12.5 Å². The average molecular weight is 303 g/mol. The largest absolute Gasteiger partial charge is 0.465 e. The van der Waals surface area contributed by atoms with Crippen LogP contribution in [0.1, 0.15) is 36.7 Å². The van der Waals surface area contributed by atoms with E-state index in [2.05, 4.69) is 16.6 Å². The molecule has 1 aromatic carbocycles. The third-order valence-corrected chi connectivity index (χ3v) is 2.56. The molecule has 0 aromatic heterocycles. The van der Waals surface area contributed by atoms with Gasteiger partial charge in [-0.1, -0.05) is 11.8 Å². The van der Waals surface area contributed by atoms with Gasteiger partial charge in [-0.05, 0) is 45.0 Å². The normalized spacial score (nSPS) is 10.2. The van der Waals surface area contributed by atoms with Crippen molar-refractivity contribution >= 4 is 12.1 Å². The predicted octanol–water partition coefficient (Wildman–Crippen LogP) is 2.69. The van der Waals surface area contributed by atoms with Crippen LogP contribution in [0.5, 0.6) is 0 Å². The zero-order valence-electron chi connectivity index (χ0n) is 13.6. The molecule has 118 valence electrons. The maximum absolute atomic E-state index is 11.7. The van der Waals surface area contributed by atoms with Gasteiger partial charge in [-0.3, -0.25) is 0 Å². The lowest BCUT2D eigenvalue weighted by Crippen LogP contribution is -2.34. The molecule has 5 heteroatoms. The molecule has 0 fully saturated rings. The Morgan fingerprint density at radius 1 is 1.18 bits per heavy atom. The summed E-state index contributed by atoms with van der Waals surface area (Å²) in [6.45, 7) is 5.70. The summed E-state index contributed by atoms with van der Waals surface area (Å²) in [4.78, 5) is 24.4. The molecule has 0 atom stereocenters. The zero-order chi connectivity index (χ0) is 16.8. The highest BCUT2D eigenvalue weighted by atomic mass is 16.6. The molecule has 0 unspecified atom stereocenters. The van der Waals surface area contributed by atoms with Gasteiger partial charge in [0.05, 0.1) is 19.2 Å². The van der Waals surface area contributed by atoms with Crippen LogP contribution in [0.2, 0.25) is 0 Å². The van der Waals surface area contributed by atoms with E-state index in [0.29, 0.717) is 5.56 Å². The number of carbonyl (C=O) groups is 2. The van der Waals surface area contributed by atoms with E-state index in [0.717, 1.165) is 5.56 Å². The summed E-state index contributed by atoms with van der Waals surface area (Å²) < 4.78 is 9.85. The lowest BCUT2D eigenvalue weighted by Gasteiger charge is -2.23. The molecule has 1 aromatic rings. The Morgan fingerprint density at radius 3 is 2.27 bits per heavy atom. The van der Waals surface area contributed by atoms with Gasteiger partial charge in [-0.2, -0.15) is 0 Å². The molecule has 1 amide bonds. The van der Waals surface area contributed by atoms with Crippen LogP contribution in [0.15, 0.2) is 24.3 Å². The minimum atomic E-state index is -0.525. The second-order valence-electron chi connectivity index (χ2n) is 5.71. The third kappa shape index (κ3) is 5.88. The summed E-state index contributed by atoms with van der Waals surface area (Å²) in [5, 5.41) is 0. The standard InChI is InChI=1S/C17H21NO4/c1-17(2,3)22-16(20)18(4)12-6-7-13-8-10-14(11-9-13)15(19)21-5/h8-11H,12H2,1-5H3. The van der Waals surface area contributed by atoms with Crippen molar-refractivity contribution in [2.45, 2.75) is 26.4 Å². The van der Waals surface area contributed by atoms with Crippen LogP contribution in [0.3, 0.4) is 0 Å². The van der Waals surface area contributed by atoms with E-state index < -0.39 is 11.7 Å². The lowest BCUT2D eigenvalue weighted by atomic mass is 10.1. The second kappa shape index (κ2) is 7.51. The summed E-state index contributed by atoms with van der Waals surface area (Å²) in [5.41, 5.74) is 0.701. The molecule has 0 N–H and O–H groups in total. The van der Waals surface area contributed by atoms with E-state index in [4.69, 9.17) is 4.74 Å². The summed E-state index contributed by atoms with van der Waals surface area (Å²) in [5.74, 6) is 5.43. The highest BCUT2D eigenvalue weighted by Crippen LogP contribution is 2.09. The smallest absolute Gasteiger partial charge is 0.410 e. The van der Waals surface area contributed by atoms with Crippen LogP contribution < -0.4 is 0 Å². The first kappa shape index (κ1) is 17.6. The fourth-order valence-electron chi connectivity index (χ4n) is 1.47. The van der Waals surface area contributed by atoms with E-state index in [1.165, 1.54) is 12.0 Å². The van der Waals surface area contributed by atoms with Gasteiger partial charge in [0.1, 0.15) is 5.60 Å². The molecule has 1 rings (SSSR count). The number of nitrogens with zero attached hydrogens (tertiary/aromatic N) is 1. The van der Waals surface area contributed by atoms with Gasteiger partial charge < -0.3 is 14.4 Å². The Labute approximate surface area is 131 Å². The quantitative estimate of drug-likeness (QED) is 0.622. The van der Waals surface area contributed by atoms with Crippen molar-refractivity contribution in [3.05, 3.63) is 35.4 Å². The lowest BCUT2D eigenvalue weighted by molar-refractivity contribution is 0.0320. The maximum atomic E-state index is 11.7. The van der Waals surface area contributed by atoms with Crippen molar-refractivity contribution in [2.24, 2.45) is 0 Å². The SMILES string of the molecule is COC(=O)c1ccc(C#CCN(C)C(=O)OC(C)(C)C)cc1. The fraction of sp³-hybridized carbons (Fsp3) is 0.412. The number of benzene rings is 1. The van der Waals surface area contributed by atoms with Crippen molar-refractivity contribution in [2.75, 3.05) is 20.7 Å². The fourth-order valence-corrected chi connectivity index (χ4v) is 1.47. The number of esters is 1. The molecule has 22 heavy (non-hydrogen) atoms. The molecular formula is C17H21NO4. The Morgan fingerprint density at radius 2 is 1.77 bits per heavy atom. The van der Waals surface area contributed by atoms with Crippen molar-refractivity contribution in [3.8, 4) is 11.8 Å². The molecule has 0 radical (unpaired) electrons. The first-order valence-corrected chi connectivity index (χ1v) is 6.84. The van der Waals surface area contributed by atoms with E-state index in [9.17, 15) is 9.59 Å². The summed E-state index contributed by atoms with van der Waals surface area (Å²) in [6.07, 6.45) is -0.414. The predicted molar refractivity (Wildman–Crippen MR) is 83.5 cm³/mol. The molecule has 0 aliphatic heterocycles. The van der Waals surface area contributed by atoms with Crippen molar-refractivity contribution in [1.29, 1.82) is 0 Å². The molecular weight excluding hydrogens is 282 g/mol. The van der Waals surface area contributed by atoms with Crippen LogP contribution in [-0.2, 0) is 9.47 Å². The van der Waals surface area contributed by atoms with Gasteiger partial charge in [-0.15, -0.1) is 0 Å². The number of methoxy groups -OCH3 is 1. The monoisotopic (exact) mass is 303 g/mol. The minimum Gasteiger partial charge on any atom is -0.465 e. The molecule has 5 nitrogen and oxygen atoms in total. The minimum absolute atomic E-state index is 0.258. The Kier molecular flexibility index (Phi) is 6.00. The Bertz CT molecular complexity index is 588. The summed E-state index contributed by atoms with van der Waals surface area (Å²) >= 11 is 0. The van der Waals surface area contributed by atoms with Crippen molar-refractivity contribution in [1.82, 2.24) is 4.90 Å². The molecule has 0 saturated heterocycles. The number of ether oxygens (including phenoxy) is 2. The average Bonchev–Trinajstić information content (AvgIpc) is 2.45. The highest BCUT2D eigenvalue weighted by molar-refractivity contribution is 5.89. The van der Waals surface area contributed by atoms with Crippen LogP contribution in [0, 0.1) is 11.8 Å². The van der Waals surface area contributed by atoms with Crippen LogP contribution in [0.25, 0.3) is 0 Å². The van der Waals surface area contributed by atoms with Crippen molar-refractivity contribution in [3.63, 3.8) is 0 Å². The van der Waals surface area contributed by atoms with Gasteiger partial charge in [0.2, 0.25) is 0 Å². The Balaban J connectivity index is 2.60.